The minimum Gasteiger partial charge on any atom is -0.497 e. The van der Waals surface area contributed by atoms with Gasteiger partial charge in [0.1, 0.15) is 11.5 Å². The van der Waals surface area contributed by atoms with Gasteiger partial charge in [0, 0.05) is 28.6 Å². The van der Waals surface area contributed by atoms with Gasteiger partial charge in [0.05, 0.1) is 19.9 Å². The number of carbonyl (C=O) groups is 2. The summed E-state index contributed by atoms with van der Waals surface area (Å²) in [4.78, 5) is 28.9. The molecular weight excluding hydrogens is 426 g/mol. The molecule has 164 valence electrons. The Labute approximate surface area is 190 Å². The molecular formula is C24H23N3O4S. The topological polar surface area (TPSA) is 89.5 Å². The number of anilines is 1. The minimum atomic E-state index is -0.293. The van der Waals surface area contributed by atoms with E-state index in [4.69, 9.17) is 9.47 Å². The number of rotatable bonds is 8. The van der Waals surface area contributed by atoms with Crippen LogP contribution in [0.5, 0.6) is 11.5 Å². The van der Waals surface area contributed by atoms with Gasteiger partial charge in [0.25, 0.3) is 5.91 Å². The number of hydrogen-bond acceptors (Lipinski definition) is 6. The van der Waals surface area contributed by atoms with Crippen LogP contribution < -0.4 is 20.1 Å². The maximum absolute atomic E-state index is 12.3. The van der Waals surface area contributed by atoms with Gasteiger partial charge in [-0.05, 0) is 54.8 Å². The number of amides is 2. The zero-order chi connectivity index (χ0) is 22.5. The number of benzene rings is 2. The maximum atomic E-state index is 12.3. The number of methoxy groups -OCH3 is 2. The Bertz CT molecular complexity index is 1150. The summed E-state index contributed by atoms with van der Waals surface area (Å²) in [6.45, 7) is 0. The van der Waals surface area contributed by atoms with Gasteiger partial charge in [-0.15, -0.1) is 11.3 Å². The first kappa shape index (κ1) is 21.6. The Balaban J connectivity index is 1.38. The third-order valence-electron chi connectivity index (χ3n) is 4.93. The van der Waals surface area contributed by atoms with E-state index in [1.165, 1.54) is 17.4 Å². The SMILES string of the molecule is COc1ccc(OC)c(-c2csc(NC(=O)/C=C/c3ccc(C(=O)NC4CC4)cc3)n2)c1. The molecule has 0 radical (unpaired) electrons. The Kier molecular flexibility index (Phi) is 6.51. The average Bonchev–Trinajstić information content (AvgIpc) is 3.52. The molecule has 1 heterocycles. The molecule has 0 unspecified atom stereocenters. The van der Waals surface area contributed by atoms with Crippen molar-refractivity contribution in [3.63, 3.8) is 0 Å². The molecule has 1 aliphatic rings. The first-order chi connectivity index (χ1) is 15.6. The van der Waals surface area contributed by atoms with E-state index in [9.17, 15) is 9.59 Å². The van der Waals surface area contributed by atoms with E-state index in [-0.39, 0.29) is 11.8 Å². The molecule has 8 heteroatoms. The van der Waals surface area contributed by atoms with E-state index in [2.05, 4.69) is 15.6 Å². The fourth-order valence-electron chi connectivity index (χ4n) is 3.03. The van der Waals surface area contributed by atoms with Crippen molar-refractivity contribution in [2.24, 2.45) is 0 Å². The molecule has 1 fully saturated rings. The molecule has 4 rings (SSSR count). The van der Waals surface area contributed by atoms with Crippen LogP contribution in [0.15, 0.2) is 53.9 Å². The van der Waals surface area contributed by atoms with Crippen molar-refractivity contribution in [1.82, 2.24) is 10.3 Å². The second kappa shape index (κ2) is 9.65. The van der Waals surface area contributed by atoms with Crippen molar-refractivity contribution in [1.29, 1.82) is 0 Å². The smallest absolute Gasteiger partial charge is 0.251 e. The summed E-state index contributed by atoms with van der Waals surface area (Å²) in [5, 5.41) is 8.05. The van der Waals surface area contributed by atoms with Crippen LogP contribution in [-0.4, -0.2) is 37.1 Å². The lowest BCUT2D eigenvalue weighted by Gasteiger charge is -2.08. The van der Waals surface area contributed by atoms with E-state index in [0.717, 1.165) is 24.0 Å². The van der Waals surface area contributed by atoms with Crippen LogP contribution in [0.25, 0.3) is 17.3 Å². The van der Waals surface area contributed by atoms with Crippen molar-refractivity contribution in [3.8, 4) is 22.8 Å². The van der Waals surface area contributed by atoms with E-state index in [1.807, 2.05) is 35.7 Å². The number of nitrogens with one attached hydrogen (secondary N) is 2. The molecule has 1 aliphatic carbocycles. The second-order valence-corrected chi connectivity index (χ2v) is 8.15. The molecule has 2 N–H and O–H groups in total. The number of aromatic nitrogens is 1. The van der Waals surface area contributed by atoms with Crippen LogP contribution in [0.3, 0.4) is 0 Å². The summed E-state index contributed by atoms with van der Waals surface area (Å²) < 4.78 is 10.7. The van der Waals surface area contributed by atoms with Gasteiger partial charge in [-0.25, -0.2) is 4.98 Å². The fraction of sp³-hybridized carbons (Fsp3) is 0.208. The number of nitrogens with zero attached hydrogens (tertiary/aromatic N) is 1. The highest BCUT2D eigenvalue weighted by Gasteiger charge is 2.23. The molecule has 0 spiro atoms. The Morgan fingerprint density at radius 1 is 1.09 bits per heavy atom. The highest BCUT2D eigenvalue weighted by atomic mass is 32.1. The van der Waals surface area contributed by atoms with Crippen molar-refractivity contribution in [3.05, 3.63) is 65.0 Å². The Morgan fingerprint density at radius 3 is 2.56 bits per heavy atom. The van der Waals surface area contributed by atoms with Gasteiger partial charge in [-0.2, -0.15) is 0 Å². The molecule has 0 aliphatic heterocycles. The van der Waals surface area contributed by atoms with Gasteiger partial charge >= 0.3 is 0 Å². The van der Waals surface area contributed by atoms with E-state index >= 15 is 0 Å². The molecule has 7 nitrogen and oxygen atoms in total. The summed E-state index contributed by atoms with van der Waals surface area (Å²) >= 11 is 1.32. The van der Waals surface area contributed by atoms with Crippen molar-refractivity contribution >= 4 is 34.4 Å². The zero-order valence-corrected chi connectivity index (χ0v) is 18.6. The zero-order valence-electron chi connectivity index (χ0n) is 17.8. The summed E-state index contributed by atoms with van der Waals surface area (Å²) in [5.74, 6) is 1.01. The average molecular weight is 450 g/mol. The summed E-state index contributed by atoms with van der Waals surface area (Å²) in [6, 6.07) is 12.9. The Hall–Kier alpha value is -3.65. The van der Waals surface area contributed by atoms with Gasteiger partial charge in [0.2, 0.25) is 5.91 Å². The van der Waals surface area contributed by atoms with Gasteiger partial charge in [-0.1, -0.05) is 12.1 Å². The van der Waals surface area contributed by atoms with Crippen molar-refractivity contribution < 1.29 is 19.1 Å². The third-order valence-corrected chi connectivity index (χ3v) is 5.69. The monoisotopic (exact) mass is 449 g/mol. The van der Waals surface area contributed by atoms with Crippen LogP contribution in [0.1, 0.15) is 28.8 Å². The van der Waals surface area contributed by atoms with Gasteiger partial charge in [0.15, 0.2) is 5.13 Å². The highest BCUT2D eigenvalue weighted by Crippen LogP contribution is 2.35. The standard InChI is InChI=1S/C24H23N3O4S/c1-30-18-10-11-21(31-2)19(13-18)20-14-32-24(26-20)27-22(28)12-5-15-3-6-16(7-4-15)23(29)25-17-8-9-17/h3-7,10-14,17H,8-9H2,1-2H3,(H,25,29)(H,26,27,28)/b12-5+. The lowest BCUT2D eigenvalue weighted by atomic mass is 10.1. The van der Waals surface area contributed by atoms with Gasteiger partial charge < -0.3 is 14.8 Å². The van der Waals surface area contributed by atoms with Crippen molar-refractivity contribution in [2.45, 2.75) is 18.9 Å². The predicted octanol–water partition coefficient (Wildman–Crippen LogP) is 4.37. The second-order valence-electron chi connectivity index (χ2n) is 7.30. The van der Waals surface area contributed by atoms with E-state index < -0.39 is 0 Å². The molecule has 0 atom stereocenters. The quantitative estimate of drug-likeness (QED) is 0.499. The number of thiazole rings is 1. The minimum absolute atomic E-state index is 0.0620. The van der Waals surface area contributed by atoms with E-state index in [1.54, 1.807) is 32.4 Å². The molecule has 0 saturated heterocycles. The molecule has 1 saturated carbocycles. The molecule has 2 aromatic carbocycles. The summed E-state index contributed by atoms with van der Waals surface area (Å²) in [7, 11) is 3.19. The predicted molar refractivity (Wildman–Crippen MR) is 125 cm³/mol. The normalized spacial score (nSPS) is 13.1. The lowest BCUT2D eigenvalue weighted by Crippen LogP contribution is -2.25. The first-order valence-corrected chi connectivity index (χ1v) is 11.0. The Morgan fingerprint density at radius 2 is 1.88 bits per heavy atom. The van der Waals surface area contributed by atoms with Crippen LogP contribution in [0.2, 0.25) is 0 Å². The van der Waals surface area contributed by atoms with Crippen LogP contribution in [0, 0.1) is 0 Å². The molecule has 3 aromatic rings. The fourth-order valence-corrected chi connectivity index (χ4v) is 3.74. The molecule has 1 aromatic heterocycles. The van der Waals surface area contributed by atoms with Crippen LogP contribution in [0.4, 0.5) is 5.13 Å². The summed E-state index contributed by atoms with van der Waals surface area (Å²) in [6.07, 6.45) is 5.23. The maximum Gasteiger partial charge on any atom is 0.251 e. The first-order valence-electron chi connectivity index (χ1n) is 10.1. The number of carbonyl (C=O) groups excluding carboxylic acids is 2. The van der Waals surface area contributed by atoms with Crippen LogP contribution in [-0.2, 0) is 4.79 Å². The lowest BCUT2D eigenvalue weighted by molar-refractivity contribution is -0.111. The van der Waals surface area contributed by atoms with Crippen LogP contribution >= 0.6 is 11.3 Å². The van der Waals surface area contributed by atoms with Crippen molar-refractivity contribution in [2.75, 3.05) is 19.5 Å². The summed E-state index contributed by atoms with van der Waals surface area (Å²) in [5.41, 5.74) is 2.90. The van der Waals surface area contributed by atoms with E-state index in [0.29, 0.717) is 33.9 Å². The molecule has 2 amide bonds. The third kappa shape index (κ3) is 5.33. The highest BCUT2D eigenvalue weighted by molar-refractivity contribution is 7.14. The number of hydrogen-bond donors (Lipinski definition) is 2. The molecule has 32 heavy (non-hydrogen) atoms. The molecule has 0 bridgehead atoms. The number of ether oxygens (including phenoxy) is 2. The van der Waals surface area contributed by atoms with Gasteiger partial charge in [-0.3, -0.25) is 14.9 Å². The largest absolute Gasteiger partial charge is 0.497 e.